The Hall–Kier alpha value is -2.22. The Morgan fingerprint density at radius 2 is 1.75 bits per heavy atom. The second-order valence-electron chi connectivity index (χ2n) is 7.24. The van der Waals surface area contributed by atoms with Gasteiger partial charge in [-0.2, -0.15) is 0 Å². The number of benzene rings is 2. The summed E-state index contributed by atoms with van der Waals surface area (Å²) in [6.07, 6.45) is 0.137. The molecule has 1 aliphatic heterocycles. The number of hydrogen-bond acceptors (Lipinski definition) is 4. The highest BCUT2D eigenvalue weighted by atomic mass is 32.2. The number of hydrogen-bond donors (Lipinski definition) is 1. The predicted molar refractivity (Wildman–Crippen MR) is 109 cm³/mol. The van der Waals surface area contributed by atoms with Crippen LogP contribution >= 0.6 is 0 Å². The van der Waals surface area contributed by atoms with Gasteiger partial charge in [-0.05, 0) is 31.7 Å². The number of rotatable bonds is 6. The van der Waals surface area contributed by atoms with E-state index in [2.05, 4.69) is 9.62 Å². The van der Waals surface area contributed by atoms with E-state index in [1.165, 1.54) is 0 Å². The molecule has 2 aromatic rings. The summed E-state index contributed by atoms with van der Waals surface area (Å²) in [5.41, 5.74) is 2.10. The number of nitrogens with zero attached hydrogens (tertiary/aromatic N) is 2. The van der Waals surface area contributed by atoms with Gasteiger partial charge < -0.3 is 9.80 Å². The normalized spacial score (nSPS) is 18.2. The van der Waals surface area contributed by atoms with Crippen molar-refractivity contribution in [3.63, 3.8) is 0 Å². The van der Waals surface area contributed by atoms with E-state index in [1.54, 1.807) is 24.3 Å². The van der Waals surface area contributed by atoms with Crippen molar-refractivity contribution >= 4 is 15.9 Å². The van der Waals surface area contributed by atoms with Crippen LogP contribution in [0.5, 0.6) is 0 Å². The molecule has 1 aliphatic rings. The Kier molecular flexibility index (Phi) is 6.49. The highest BCUT2D eigenvalue weighted by Crippen LogP contribution is 2.25. The summed E-state index contributed by atoms with van der Waals surface area (Å²) in [6, 6.07) is 16.6. The number of carbonyl (C=O) groups is 1. The van der Waals surface area contributed by atoms with E-state index < -0.39 is 10.0 Å². The van der Waals surface area contributed by atoms with Gasteiger partial charge in [0.15, 0.2) is 0 Å². The molecule has 1 heterocycles. The Bertz CT molecular complexity index is 898. The topological polar surface area (TPSA) is 69.7 Å². The molecule has 0 saturated carbocycles. The predicted octanol–water partition coefficient (Wildman–Crippen LogP) is 2.18. The Morgan fingerprint density at radius 1 is 1.07 bits per heavy atom. The molecule has 0 bridgehead atoms. The molecule has 7 heteroatoms. The number of piperazine rings is 1. The van der Waals surface area contributed by atoms with E-state index in [0.29, 0.717) is 6.54 Å². The maximum atomic E-state index is 12.8. The van der Waals surface area contributed by atoms with Crippen LogP contribution in [0.25, 0.3) is 0 Å². The van der Waals surface area contributed by atoms with Crippen molar-refractivity contribution < 1.29 is 13.2 Å². The van der Waals surface area contributed by atoms with Crippen LogP contribution in [0.15, 0.2) is 59.5 Å². The zero-order valence-corrected chi connectivity index (χ0v) is 17.2. The van der Waals surface area contributed by atoms with Crippen molar-refractivity contribution in [1.29, 1.82) is 0 Å². The third-order valence-corrected chi connectivity index (χ3v) is 6.53. The van der Waals surface area contributed by atoms with Crippen molar-refractivity contribution in [2.45, 2.75) is 24.3 Å². The smallest absolute Gasteiger partial charge is 0.240 e. The molecule has 1 unspecified atom stereocenters. The average molecular weight is 402 g/mol. The summed E-state index contributed by atoms with van der Waals surface area (Å²) < 4.78 is 27.3. The lowest BCUT2D eigenvalue weighted by atomic mass is 10.0. The molecule has 1 atom stereocenters. The highest BCUT2D eigenvalue weighted by Gasteiger charge is 2.30. The minimum Gasteiger partial charge on any atom is -0.333 e. The monoisotopic (exact) mass is 401 g/mol. The molecule has 1 fully saturated rings. The highest BCUT2D eigenvalue weighted by molar-refractivity contribution is 7.89. The van der Waals surface area contributed by atoms with Gasteiger partial charge in [0.1, 0.15) is 0 Å². The van der Waals surface area contributed by atoms with Gasteiger partial charge in [-0.1, -0.05) is 48.0 Å². The van der Waals surface area contributed by atoms with Crippen LogP contribution < -0.4 is 4.72 Å². The first kappa shape index (κ1) is 20.5. The minimum atomic E-state index is -3.61. The molecule has 6 nitrogen and oxygen atoms in total. The van der Waals surface area contributed by atoms with Gasteiger partial charge in [0.25, 0.3) is 0 Å². The molecular weight excluding hydrogens is 374 g/mol. The van der Waals surface area contributed by atoms with Crippen molar-refractivity contribution in [3.8, 4) is 0 Å². The lowest BCUT2D eigenvalue weighted by Gasteiger charge is -2.40. The minimum absolute atomic E-state index is 0.0128. The van der Waals surface area contributed by atoms with Crippen LogP contribution in [0.1, 0.15) is 23.6 Å². The number of amides is 1. The maximum absolute atomic E-state index is 12.8. The van der Waals surface area contributed by atoms with Crippen LogP contribution in [0.3, 0.4) is 0 Å². The van der Waals surface area contributed by atoms with E-state index in [0.717, 1.165) is 24.2 Å². The van der Waals surface area contributed by atoms with E-state index in [4.69, 9.17) is 0 Å². The van der Waals surface area contributed by atoms with E-state index in [-0.39, 0.29) is 29.8 Å². The Morgan fingerprint density at radius 3 is 2.43 bits per heavy atom. The van der Waals surface area contributed by atoms with E-state index in [9.17, 15) is 13.2 Å². The quantitative estimate of drug-likeness (QED) is 0.806. The van der Waals surface area contributed by atoms with Crippen LogP contribution in [0, 0.1) is 6.92 Å². The molecule has 0 aliphatic carbocycles. The second kappa shape index (κ2) is 8.86. The average Bonchev–Trinajstić information content (AvgIpc) is 2.68. The fourth-order valence-electron chi connectivity index (χ4n) is 3.42. The van der Waals surface area contributed by atoms with E-state index in [1.807, 2.05) is 49.2 Å². The van der Waals surface area contributed by atoms with Crippen LogP contribution in [0.2, 0.25) is 0 Å². The summed E-state index contributed by atoms with van der Waals surface area (Å²) >= 11 is 0. The number of carbonyl (C=O) groups excluding carboxylic acids is 1. The molecule has 2 aromatic carbocycles. The summed E-state index contributed by atoms with van der Waals surface area (Å²) in [5, 5.41) is 0. The van der Waals surface area contributed by atoms with Crippen molar-refractivity contribution in [2.24, 2.45) is 0 Å². The van der Waals surface area contributed by atoms with Crippen LogP contribution in [-0.4, -0.2) is 57.4 Å². The first-order chi connectivity index (χ1) is 13.4. The molecule has 3 rings (SSSR count). The Labute approximate surface area is 167 Å². The van der Waals surface area contributed by atoms with Gasteiger partial charge >= 0.3 is 0 Å². The van der Waals surface area contributed by atoms with Crippen molar-refractivity contribution in [3.05, 3.63) is 65.7 Å². The lowest BCUT2D eigenvalue weighted by molar-refractivity contribution is -0.136. The Balaban J connectivity index is 1.62. The third kappa shape index (κ3) is 4.98. The first-order valence-corrected chi connectivity index (χ1v) is 10.9. The summed E-state index contributed by atoms with van der Waals surface area (Å²) in [5.74, 6) is -0.0337. The maximum Gasteiger partial charge on any atom is 0.240 e. The zero-order chi connectivity index (χ0) is 20.1. The molecule has 1 saturated heterocycles. The van der Waals surface area contributed by atoms with Gasteiger partial charge in [-0.3, -0.25) is 4.79 Å². The molecule has 1 amide bonds. The summed E-state index contributed by atoms with van der Waals surface area (Å²) in [7, 11) is -1.56. The molecule has 0 aromatic heterocycles. The van der Waals surface area contributed by atoms with Gasteiger partial charge in [-0.15, -0.1) is 0 Å². The van der Waals surface area contributed by atoms with Crippen molar-refractivity contribution in [1.82, 2.24) is 14.5 Å². The van der Waals surface area contributed by atoms with E-state index >= 15 is 0 Å². The summed E-state index contributed by atoms with van der Waals surface area (Å²) in [6.45, 7) is 4.21. The van der Waals surface area contributed by atoms with Gasteiger partial charge in [-0.25, -0.2) is 13.1 Å². The second-order valence-corrected chi connectivity index (χ2v) is 9.00. The number of nitrogens with one attached hydrogen (secondary N) is 1. The number of aryl methyl sites for hydroxylation is 1. The fraction of sp³-hybridized carbons (Fsp3) is 0.381. The molecule has 0 radical (unpaired) electrons. The number of sulfonamides is 1. The molecule has 0 spiro atoms. The lowest BCUT2D eigenvalue weighted by Crippen LogP contribution is -2.49. The largest absolute Gasteiger partial charge is 0.333 e. The first-order valence-electron chi connectivity index (χ1n) is 9.46. The van der Waals surface area contributed by atoms with Crippen LogP contribution in [-0.2, 0) is 14.8 Å². The molecule has 28 heavy (non-hydrogen) atoms. The zero-order valence-electron chi connectivity index (χ0n) is 16.3. The molecule has 1 N–H and O–H groups in total. The van der Waals surface area contributed by atoms with Gasteiger partial charge in [0, 0.05) is 32.6 Å². The fourth-order valence-corrected chi connectivity index (χ4v) is 4.45. The number of likely N-dealkylation sites (N-methyl/N-ethyl adjacent to an activating group) is 1. The SMILES string of the molecule is Cc1ccc(S(=O)(=O)NCCC(=O)N2CCN(C)CC2c2ccccc2)cc1. The molecular formula is C21H27N3O3S. The molecule has 150 valence electrons. The van der Waals surface area contributed by atoms with Crippen LogP contribution in [0.4, 0.5) is 0 Å². The third-order valence-electron chi connectivity index (χ3n) is 5.05. The standard InChI is InChI=1S/C21H27N3O3S/c1-17-8-10-19(11-9-17)28(26,27)22-13-12-21(25)24-15-14-23(2)16-20(24)18-6-4-3-5-7-18/h3-11,20,22H,12-16H2,1-2H3. The van der Waals surface area contributed by atoms with Gasteiger partial charge in [0.2, 0.25) is 15.9 Å². The van der Waals surface area contributed by atoms with Crippen molar-refractivity contribution in [2.75, 3.05) is 33.2 Å². The van der Waals surface area contributed by atoms with Gasteiger partial charge in [0.05, 0.1) is 10.9 Å². The summed E-state index contributed by atoms with van der Waals surface area (Å²) in [4.78, 5) is 17.1.